The highest BCUT2D eigenvalue weighted by Gasteiger charge is 2.21. The van der Waals surface area contributed by atoms with Crippen LogP contribution in [0.3, 0.4) is 0 Å². The summed E-state index contributed by atoms with van der Waals surface area (Å²) in [6.45, 7) is 5.75. The zero-order valence-corrected chi connectivity index (χ0v) is 16.2. The quantitative estimate of drug-likeness (QED) is 0.750. The van der Waals surface area contributed by atoms with E-state index in [0.29, 0.717) is 11.9 Å². The van der Waals surface area contributed by atoms with Crippen molar-refractivity contribution in [2.75, 3.05) is 39.4 Å². The molecule has 0 aliphatic carbocycles. The summed E-state index contributed by atoms with van der Waals surface area (Å²) in [5.74, 6) is -0.281. The SMILES string of the molecule is O=C(NCCCN1CCOCC1)c1cn2c3c(cc(Br)cc3c1=O)CC2. The van der Waals surface area contributed by atoms with Crippen molar-refractivity contribution in [3.63, 3.8) is 0 Å². The van der Waals surface area contributed by atoms with E-state index >= 15 is 0 Å². The van der Waals surface area contributed by atoms with Crippen LogP contribution in [-0.4, -0.2) is 54.8 Å². The van der Waals surface area contributed by atoms with Crippen molar-refractivity contribution in [3.8, 4) is 0 Å². The number of nitrogens with one attached hydrogen (secondary N) is 1. The van der Waals surface area contributed by atoms with Crippen LogP contribution in [0.25, 0.3) is 10.9 Å². The molecule has 6 nitrogen and oxygen atoms in total. The van der Waals surface area contributed by atoms with Crippen LogP contribution in [0.2, 0.25) is 0 Å². The van der Waals surface area contributed by atoms with Gasteiger partial charge in [-0.2, -0.15) is 0 Å². The summed E-state index contributed by atoms with van der Waals surface area (Å²) in [6.07, 6.45) is 3.47. The van der Waals surface area contributed by atoms with Crippen LogP contribution in [0.5, 0.6) is 0 Å². The number of rotatable bonds is 5. The standard InChI is InChI=1S/C19H22BrN3O3/c20-14-10-13-2-5-23-12-16(18(24)15(11-14)17(13)23)19(25)21-3-1-4-22-6-8-26-9-7-22/h10-12H,1-9H2,(H,21,25). The minimum Gasteiger partial charge on any atom is -0.379 e. The topological polar surface area (TPSA) is 63.6 Å². The highest BCUT2D eigenvalue weighted by Crippen LogP contribution is 2.28. The Morgan fingerprint density at radius 2 is 2.04 bits per heavy atom. The molecule has 1 aromatic carbocycles. The number of benzene rings is 1. The van der Waals surface area contributed by atoms with Crippen LogP contribution >= 0.6 is 15.9 Å². The molecule has 1 saturated heterocycles. The average molecular weight is 420 g/mol. The lowest BCUT2D eigenvalue weighted by Crippen LogP contribution is -2.38. The Bertz CT molecular complexity index is 903. The summed E-state index contributed by atoms with van der Waals surface area (Å²) in [6, 6.07) is 3.87. The number of amides is 1. The van der Waals surface area contributed by atoms with Crippen molar-refractivity contribution in [2.45, 2.75) is 19.4 Å². The summed E-state index contributed by atoms with van der Waals surface area (Å²) < 4.78 is 8.24. The Hall–Kier alpha value is -1.70. The first-order chi connectivity index (χ1) is 12.6. The molecule has 138 valence electrons. The fourth-order valence-corrected chi connectivity index (χ4v) is 4.29. The van der Waals surface area contributed by atoms with Crippen LogP contribution < -0.4 is 10.7 Å². The Labute approximate surface area is 160 Å². The van der Waals surface area contributed by atoms with E-state index in [1.807, 2.05) is 10.6 Å². The average Bonchev–Trinajstić information content (AvgIpc) is 3.05. The molecule has 2 aliphatic heterocycles. The fourth-order valence-electron chi connectivity index (χ4n) is 3.79. The van der Waals surface area contributed by atoms with Crippen molar-refractivity contribution in [3.05, 3.63) is 44.2 Å². The maximum Gasteiger partial charge on any atom is 0.256 e. The zero-order chi connectivity index (χ0) is 18.1. The zero-order valence-electron chi connectivity index (χ0n) is 14.6. The summed E-state index contributed by atoms with van der Waals surface area (Å²) in [7, 11) is 0. The molecule has 2 aliphatic rings. The van der Waals surface area contributed by atoms with Crippen molar-refractivity contribution in [1.29, 1.82) is 0 Å². The van der Waals surface area contributed by atoms with Crippen molar-refractivity contribution < 1.29 is 9.53 Å². The molecule has 0 spiro atoms. The molecule has 1 aromatic heterocycles. The van der Waals surface area contributed by atoms with Gasteiger partial charge < -0.3 is 14.6 Å². The third-order valence-corrected chi connectivity index (χ3v) is 5.58. The molecule has 3 heterocycles. The lowest BCUT2D eigenvalue weighted by Gasteiger charge is -2.26. The van der Waals surface area contributed by atoms with Crippen molar-refractivity contribution in [1.82, 2.24) is 14.8 Å². The van der Waals surface area contributed by atoms with Crippen LogP contribution in [-0.2, 0) is 17.7 Å². The van der Waals surface area contributed by atoms with Gasteiger partial charge in [-0.05, 0) is 37.1 Å². The smallest absolute Gasteiger partial charge is 0.256 e. The third-order valence-electron chi connectivity index (χ3n) is 5.12. The van der Waals surface area contributed by atoms with Crippen LogP contribution in [0.15, 0.2) is 27.6 Å². The third kappa shape index (κ3) is 3.43. The fraction of sp³-hybridized carbons (Fsp3) is 0.474. The minimum absolute atomic E-state index is 0.189. The number of ether oxygens (including phenoxy) is 1. The summed E-state index contributed by atoms with van der Waals surface area (Å²) >= 11 is 3.47. The van der Waals surface area contributed by atoms with Gasteiger partial charge >= 0.3 is 0 Å². The highest BCUT2D eigenvalue weighted by atomic mass is 79.9. The second kappa shape index (κ2) is 7.50. The van der Waals surface area contributed by atoms with Gasteiger partial charge in [-0.25, -0.2) is 0 Å². The number of nitrogens with zero attached hydrogens (tertiary/aromatic N) is 2. The summed E-state index contributed by atoms with van der Waals surface area (Å²) in [5, 5.41) is 3.52. The molecule has 1 fully saturated rings. The van der Waals surface area contributed by atoms with E-state index in [1.165, 1.54) is 0 Å². The van der Waals surface area contributed by atoms with Gasteiger partial charge in [-0.3, -0.25) is 14.5 Å². The highest BCUT2D eigenvalue weighted by molar-refractivity contribution is 9.10. The van der Waals surface area contributed by atoms with Gasteiger partial charge in [-0.15, -0.1) is 0 Å². The number of halogens is 1. The molecular weight excluding hydrogens is 398 g/mol. The number of hydrogen-bond donors (Lipinski definition) is 1. The molecule has 0 atom stereocenters. The Balaban J connectivity index is 1.46. The first-order valence-corrected chi connectivity index (χ1v) is 9.86. The van der Waals surface area contributed by atoms with E-state index in [2.05, 4.69) is 32.2 Å². The van der Waals surface area contributed by atoms with E-state index in [1.54, 1.807) is 6.20 Å². The van der Waals surface area contributed by atoms with Gasteiger partial charge in [0.1, 0.15) is 5.56 Å². The van der Waals surface area contributed by atoms with Gasteiger partial charge in [-0.1, -0.05) is 15.9 Å². The summed E-state index contributed by atoms with van der Waals surface area (Å²) in [5.41, 5.74) is 2.16. The molecule has 0 radical (unpaired) electrons. The Morgan fingerprint density at radius 3 is 2.85 bits per heavy atom. The molecule has 0 saturated carbocycles. The van der Waals surface area contributed by atoms with E-state index in [4.69, 9.17) is 4.74 Å². The number of pyridine rings is 1. The Kier molecular flexibility index (Phi) is 5.11. The minimum atomic E-state index is -0.281. The van der Waals surface area contributed by atoms with Gasteiger partial charge in [0.05, 0.1) is 18.7 Å². The lowest BCUT2D eigenvalue weighted by atomic mass is 10.1. The molecule has 2 aromatic rings. The molecule has 26 heavy (non-hydrogen) atoms. The first kappa shape index (κ1) is 17.7. The largest absolute Gasteiger partial charge is 0.379 e. The maximum absolute atomic E-state index is 12.8. The molecule has 7 heteroatoms. The van der Waals surface area contributed by atoms with Gasteiger partial charge in [0.15, 0.2) is 0 Å². The molecule has 0 bridgehead atoms. The first-order valence-electron chi connectivity index (χ1n) is 9.07. The van der Waals surface area contributed by atoms with Gasteiger partial charge in [0, 0.05) is 42.2 Å². The Morgan fingerprint density at radius 1 is 1.23 bits per heavy atom. The van der Waals surface area contributed by atoms with Crippen LogP contribution in [0.4, 0.5) is 0 Å². The number of carbonyl (C=O) groups is 1. The monoisotopic (exact) mass is 419 g/mol. The molecule has 1 N–H and O–H groups in total. The number of aromatic nitrogens is 1. The van der Waals surface area contributed by atoms with E-state index in [0.717, 1.165) is 67.8 Å². The van der Waals surface area contributed by atoms with Crippen LogP contribution in [0, 0.1) is 0 Å². The van der Waals surface area contributed by atoms with E-state index in [9.17, 15) is 9.59 Å². The number of morpholine rings is 1. The predicted octanol–water partition coefficient (Wildman–Crippen LogP) is 1.77. The molecule has 1 amide bonds. The van der Waals surface area contributed by atoms with Gasteiger partial charge in [0.25, 0.3) is 5.91 Å². The summed E-state index contributed by atoms with van der Waals surface area (Å²) in [4.78, 5) is 27.7. The van der Waals surface area contributed by atoms with Gasteiger partial charge in [0.2, 0.25) is 5.43 Å². The van der Waals surface area contributed by atoms with E-state index in [-0.39, 0.29) is 16.9 Å². The van der Waals surface area contributed by atoms with E-state index < -0.39 is 0 Å². The van der Waals surface area contributed by atoms with Crippen molar-refractivity contribution >= 4 is 32.7 Å². The number of hydrogen-bond acceptors (Lipinski definition) is 4. The van der Waals surface area contributed by atoms with Crippen LogP contribution in [0.1, 0.15) is 22.3 Å². The number of aryl methyl sites for hydroxylation is 2. The number of carbonyl (C=O) groups excluding carboxylic acids is 1. The second-order valence-electron chi connectivity index (χ2n) is 6.84. The molecule has 0 unspecified atom stereocenters. The normalized spacial score (nSPS) is 17.0. The predicted molar refractivity (Wildman–Crippen MR) is 104 cm³/mol. The van der Waals surface area contributed by atoms with Crippen molar-refractivity contribution in [2.24, 2.45) is 0 Å². The second-order valence-corrected chi connectivity index (χ2v) is 7.76. The molecular formula is C19H22BrN3O3. The molecule has 4 rings (SSSR count). The lowest BCUT2D eigenvalue weighted by molar-refractivity contribution is 0.0374. The maximum atomic E-state index is 12.8.